The summed E-state index contributed by atoms with van der Waals surface area (Å²) in [6, 6.07) is 1.94. The highest BCUT2D eigenvalue weighted by Crippen LogP contribution is 2.23. The Morgan fingerprint density at radius 1 is 1.39 bits per heavy atom. The molecule has 2 aliphatic rings. The monoisotopic (exact) mass is 322 g/mol. The molecule has 0 saturated carbocycles. The summed E-state index contributed by atoms with van der Waals surface area (Å²) in [7, 11) is 1.89. The van der Waals surface area contributed by atoms with Crippen LogP contribution < -0.4 is 0 Å². The third-order valence-electron chi connectivity index (χ3n) is 4.82. The van der Waals surface area contributed by atoms with Gasteiger partial charge in [-0.15, -0.1) is 0 Å². The summed E-state index contributed by atoms with van der Waals surface area (Å²) < 4.78 is 7.14. The molecule has 128 valence electrons. The van der Waals surface area contributed by atoms with Gasteiger partial charge < -0.3 is 14.7 Å². The van der Waals surface area contributed by atoms with E-state index in [4.69, 9.17) is 4.74 Å². The van der Waals surface area contributed by atoms with Crippen molar-refractivity contribution >= 4 is 5.91 Å². The lowest BCUT2D eigenvalue weighted by Gasteiger charge is -2.33. The predicted octanol–water partition coefficient (Wildman–Crippen LogP) is -0.352. The molecule has 0 aromatic carbocycles. The lowest BCUT2D eigenvalue weighted by molar-refractivity contribution is -0.131. The fourth-order valence-electron chi connectivity index (χ4n) is 3.41. The maximum Gasteiger partial charge on any atom is 0.223 e. The van der Waals surface area contributed by atoms with Crippen LogP contribution in [0.2, 0.25) is 0 Å². The van der Waals surface area contributed by atoms with Crippen LogP contribution in [-0.4, -0.2) is 82.1 Å². The van der Waals surface area contributed by atoms with E-state index in [1.807, 2.05) is 13.1 Å². The van der Waals surface area contributed by atoms with Gasteiger partial charge in [0.2, 0.25) is 5.91 Å². The van der Waals surface area contributed by atoms with Gasteiger partial charge in [-0.25, -0.2) is 0 Å². The van der Waals surface area contributed by atoms with Crippen LogP contribution in [0.3, 0.4) is 0 Å². The average Bonchev–Trinajstić information content (AvgIpc) is 3.12. The van der Waals surface area contributed by atoms with Crippen LogP contribution in [0.5, 0.6) is 0 Å². The van der Waals surface area contributed by atoms with Crippen LogP contribution in [0, 0.1) is 0 Å². The van der Waals surface area contributed by atoms with Gasteiger partial charge in [-0.05, 0) is 18.9 Å². The summed E-state index contributed by atoms with van der Waals surface area (Å²) in [5, 5.41) is 14.9. The lowest BCUT2D eigenvalue weighted by Crippen LogP contribution is -2.49. The number of amides is 1. The Kier molecular flexibility index (Phi) is 4.99. The van der Waals surface area contributed by atoms with E-state index in [2.05, 4.69) is 10.00 Å². The van der Waals surface area contributed by atoms with E-state index in [-0.39, 0.29) is 5.91 Å². The Morgan fingerprint density at radius 2 is 2.17 bits per heavy atom. The van der Waals surface area contributed by atoms with Gasteiger partial charge in [0.05, 0.1) is 25.4 Å². The van der Waals surface area contributed by atoms with Crippen molar-refractivity contribution in [1.29, 1.82) is 0 Å². The number of aryl methyl sites for hydroxylation is 2. The largest absolute Gasteiger partial charge is 0.387 e. The molecule has 1 atom stereocenters. The normalized spacial score (nSPS) is 25.9. The Hall–Kier alpha value is -1.44. The molecule has 1 unspecified atom stereocenters. The molecule has 3 heterocycles. The van der Waals surface area contributed by atoms with Crippen LogP contribution in [0.15, 0.2) is 12.3 Å². The maximum absolute atomic E-state index is 12.4. The first-order valence-corrected chi connectivity index (χ1v) is 8.33. The average molecular weight is 322 g/mol. The van der Waals surface area contributed by atoms with Crippen molar-refractivity contribution in [2.24, 2.45) is 7.05 Å². The molecule has 2 aliphatic heterocycles. The number of β-amino-alcohol motifs (C(OH)–C–C–N with tert-alkyl or cyclic N) is 1. The Labute approximate surface area is 136 Å². The Balaban J connectivity index is 1.48. The molecular formula is C16H26N4O3. The summed E-state index contributed by atoms with van der Waals surface area (Å²) in [5.74, 6) is 0.115. The number of morpholine rings is 1. The fraction of sp³-hybridized carbons (Fsp3) is 0.750. The number of nitrogens with zero attached hydrogens (tertiary/aromatic N) is 4. The minimum Gasteiger partial charge on any atom is -0.387 e. The predicted molar refractivity (Wildman–Crippen MR) is 84.9 cm³/mol. The van der Waals surface area contributed by atoms with Gasteiger partial charge in [0.25, 0.3) is 0 Å². The summed E-state index contributed by atoms with van der Waals surface area (Å²) >= 11 is 0. The molecule has 1 amide bonds. The summed E-state index contributed by atoms with van der Waals surface area (Å²) in [6.45, 7) is 4.88. The highest BCUT2D eigenvalue weighted by Gasteiger charge is 2.39. The molecule has 1 N–H and O–H groups in total. The number of rotatable bonds is 5. The number of hydrogen-bond donors (Lipinski definition) is 1. The molecule has 0 spiro atoms. The third kappa shape index (κ3) is 4.10. The van der Waals surface area contributed by atoms with Crippen molar-refractivity contribution in [3.05, 3.63) is 18.0 Å². The topological polar surface area (TPSA) is 70.8 Å². The molecule has 0 radical (unpaired) electrons. The summed E-state index contributed by atoms with van der Waals surface area (Å²) in [6.07, 6.45) is 3.56. The van der Waals surface area contributed by atoms with E-state index in [0.29, 0.717) is 38.9 Å². The molecule has 7 nitrogen and oxygen atoms in total. The highest BCUT2D eigenvalue weighted by atomic mass is 16.5. The maximum atomic E-state index is 12.4. The van der Waals surface area contributed by atoms with Crippen molar-refractivity contribution in [2.45, 2.75) is 24.9 Å². The second kappa shape index (κ2) is 6.98. The Bertz CT molecular complexity index is 541. The van der Waals surface area contributed by atoms with Gasteiger partial charge >= 0.3 is 0 Å². The van der Waals surface area contributed by atoms with E-state index in [9.17, 15) is 9.90 Å². The molecular weight excluding hydrogens is 296 g/mol. The van der Waals surface area contributed by atoms with E-state index < -0.39 is 5.60 Å². The minimum absolute atomic E-state index is 0.115. The number of aromatic nitrogens is 2. The molecule has 2 fully saturated rings. The van der Waals surface area contributed by atoms with Crippen LogP contribution in [0.1, 0.15) is 18.5 Å². The number of carbonyl (C=O) groups is 1. The standard InChI is InChI=1S/C16H26N4O3/c1-18-14(4-6-17-18)2-3-15(21)20-7-5-16(22,13-20)12-19-8-10-23-11-9-19/h4,6,22H,2-3,5,7-13H2,1H3. The summed E-state index contributed by atoms with van der Waals surface area (Å²) in [5.41, 5.74) is 0.278. The summed E-state index contributed by atoms with van der Waals surface area (Å²) in [4.78, 5) is 16.4. The van der Waals surface area contributed by atoms with E-state index in [1.54, 1.807) is 15.8 Å². The Morgan fingerprint density at radius 3 is 2.87 bits per heavy atom. The second-order valence-corrected chi connectivity index (χ2v) is 6.62. The van der Waals surface area contributed by atoms with Crippen molar-refractivity contribution in [3.63, 3.8) is 0 Å². The van der Waals surface area contributed by atoms with E-state index >= 15 is 0 Å². The molecule has 2 saturated heterocycles. The fourth-order valence-corrected chi connectivity index (χ4v) is 3.41. The molecule has 0 aliphatic carbocycles. The molecule has 7 heteroatoms. The van der Waals surface area contributed by atoms with Gasteiger partial charge in [0.1, 0.15) is 0 Å². The zero-order chi connectivity index (χ0) is 16.3. The first-order valence-electron chi connectivity index (χ1n) is 8.33. The first-order chi connectivity index (χ1) is 11.1. The van der Waals surface area contributed by atoms with Crippen LogP contribution >= 0.6 is 0 Å². The molecule has 23 heavy (non-hydrogen) atoms. The van der Waals surface area contributed by atoms with Crippen molar-refractivity contribution in [1.82, 2.24) is 19.6 Å². The molecule has 3 rings (SSSR count). The molecule has 1 aromatic heterocycles. The van der Waals surface area contributed by atoms with Crippen molar-refractivity contribution in [3.8, 4) is 0 Å². The number of likely N-dealkylation sites (tertiary alicyclic amines) is 1. The smallest absolute Gasteiger partial charge is 0.223 e. The first kappa shape index (κ1) is 16.4. The van der Waals surface area contributed by atoms with Gasteiger partial charge in [-0.2, -0.15) is 5.10 Å². The van der Waals surface area contributed by atoms with Crippen molar-refractivity contribution < 1.29 is 14.6 Å². The molecule has 0 bridgehead atoms. The van der Waals surface area contributed by atoms with E-state index in [0.717, 1.165) is 32.0 Å². The lowest BCUT2D eigenvalue weighted by atomic mass is 10.0. The van der Waals surface area contributed by atoms with Gasteiger partial charge in [-0.1, -0.05) is 0 Å². The zero-order valence-corrected chi connectivity index (χ0v) is 13.8. The van der Waals surface area contributed by atoms with Gasteiger partial charge in [0, 0.05) is 51.5 Å². The quantitative estimate of drug-likeness (QED) is 0.802. The highest BCUT2D eigenvalue weighted by molar-refractivity contribution is 5.76. The molecule has 1 aromatic rings. The zero-order valence-electron chi connectivity index (χ0n) is 13.8. The number of carbonyl (C=O) groups excluding carboxylic acids is 1. The number of ether oxygens (including phenoxy) is 1. The van der Waals surface area contributed by atoms with Gasteiger partial charge in [-0.3, -0.25) is 14.4 Å². The van der Waals surface area contributed by atoms with Gasteiger partial charge in [0.15, 0.2) is 0 Å². The third-order valence-corrected chi connectivity index (χ3v) is 4.82. The van der Waals surface area contributed by atoms with Crippen LogP contribution in [0.4, 0.5) is 0 Å². The van der Waals surface area contributed by atoms with E-state index in [1.165, 1.54) is 0 Å². The van der Waals surface area contributed by atoms with Crippen LogP contribution in [0.25, 0.3) is 0 Å². The van der Waals surface area contributed by atoms with Crippen molar-refractivity contribution in [2.75, 3.05) is 45.9 Å². The van der Waals surface area contributed by atoms with Crippen LogP contribution in [-0.2, 0) is 23.0 Å². The number of aliphatic hydroxyl groups is 1. The SMILES string of the molecule is Cn1nccc1CCC(=O)N1CCC(O)(CN2CCOCC2)C1. The number of hydrogen-bond acceptors (Lipinski definition) is 5. The minimum atomic E-state index is -0.778. The second-order valence-electron chi connectivity index (χ2n) is 6.62.